The molecule has 0 N–H and O–H groups in total. The molecule has 3 heteroatoms. The normalized spacial score (nSPS) is 23.8. The molecule has 1 saturated heterocycles. The summed E-state index contributed by atoms with van der Waals surface area (Å²) in [6.45, 7) is 3.25. The van der Waals surface area contributed by atoms with E-state index < -0.39 is 0 Å². The Hall–Kier alpha value is 0.400. The van der Waals surface area contributed by atoms with Gasteiger partial charge in [0.1, 0.15) is 0 Å². The van der Waals surface area contributed by atoms with Crippen LogP contribution in [0, 0.1) is 0 Å². The molecule has 72 valence electrons. The minimum absolute atomic E-state index is 0.505. The van der Waals surface area contributed by atoms with Gasteiger partial charge < -0.3 is 9.64 Å². The largest absolute Gasteiger partial charge is 0.377 e. The molecular formula is C9H18BrNO. The Balaban J connectivity index is 2.03. The van der Waals surface area contributed by atoms with Crippen LogP contribution in [0.15, 0.2) is 0 Å². The van der Waals surface area contributed by atoms with Crippen molar-refractivity contribution in [2.45, 2.75) is 25.4 Å². The quantitative estimate of drug-likeness (QED) is 0.676. The van der Waals surface area contributed by atoms with Crippen LogP contribution < -0.4 is 0 Å². The molecule has 1 rings (SSSR count). The molecule has 0 spiro atoms. The SMILES string of the molecule is CN(CCCBr)CC1CCCO1. The standard InChI is InChI=1S/C9H18BrNO/c1-11(6-3-5-10)8-9-4-2-7-12-9/h9H,2-8H2,1H3. The Bertz CT molecular complexity index is 115. The molecule has 0 aromatic heterocycles. The highest BCUT2D eigenvalue weighted by Crippen LogP contribution is 2.12. The highest BCUT2D eigenvalue weighted by Gasteiger charge is 2.16. The molecule has 1 aliphatic rings. The van der Waals surface area contributed by atoms with Crippen LogP contribution in [-0.4, -0.2) is 43.1 Å². The third-order valence-corrected chi connectivity index (χ3v) is 2.77. The van der Waals surface area contributed by atoms with E-state index in [1.54, 1.807) is 0 Å². The Morgan fingerprint density at radius 3 is 3.00 bits per heavy atom. The van der Waals surface area contributed by atoms with E-state index in [-0.39, 0.29) is 0 Å². The van der Waals surface area contributed by atoms with E-state index in [2.05, 4.69) is 27.9 Å². The van der Waals surface area contributed by atoms with E-state index in [0.29, 0.717) is 6.10 Å². The van der Waals surface area contributed by atoms with Crippen molar-refractivity contribution in [3.05, 3.63) is 0 Å². The molecule has 2 nitrogen and oxygen atoms in total. The Morgan fingerprint density at radius 2 is 2.42 bits per heavy atom. The second kappa shape index (κ2) is 5.95. The highest BCUT2D eigenvalue weighted by molar-refractivity contribution is 9.09. The maximum atomic E-state index is 5.55. The van der Waals surface area contributed by atoms with Gasteiger partial charge >= 0.3 is 0 Å². The molecule has 0 radical (unpaired) electrons. The van der Waals surface area contributed by atoms with Crippen LogP contribution in [0.2, 0.25) is 0 Å². The van der Waals surface area contributed by atoms with E-state index in [9.17, 15) is 0 Å². The molecule has 0 aliphatic carbocycles. The molecule has 0 bridgehead atoms. The predicted molar refractivity (Wildman–Crippen MR) is 54.9 cm³/mol. The summed E-state index contributed by atoms with van der Waals surface area (Å²) in [5.41, 5.74) is 0. The lowest BCUT2D eigenvalue weighted by Crippen LogP contribution is -2.29. The van der Waals surface area contributed by atoms with Gasteiger partial charge in [0.15, 0.2) is 0 Å². The van der Waals surface area contributed by atoms with Crippen LogP contribution in [0.4, 0.5) is 0 Å². The summed E-state index contributed by atoms with van der Waals surface area (Å²) in [6, 6.07) is 0. The smallest absolute Gasteiger partial charge is 0.0702 e. The van der Waals surface area contributed by atoms with Gasteiger partial charge in [-0.3, -0.25) is 0 Å². The van der Waals surface area contributed by atoms with Gasteiger partial charge in [0, 0.05) is 18.5 Å². The first-order valence-corrected chi connectivity index (χ1v) is 5.81. The third-order valence-electron chi connectivity index (χ3n) is 2.21. The van der Waals surface area contributed by atoms with Crippen LogP contribution in [-0.2, 0) is 4.74 Å². The molecule has 1 aliphatic heterocycles. The monoisotopic (exact) mass is 235 g/mol. The second-order valence-corrected chi connectivity index (χ2v) is 4.23. The highest BCUT2D eigenvalue weighted by atomic mass is 79.9. The van der Waals surface area contributed by atoms with Crippen molar-refractivity contribution in [1.29, 1.82) is 0 Å². The number of likely N-dealkylation sites (N-methyl/N-ethyl adjacent to an activating group) is 1. The van der Waals surface area contributed by atoms with E-state index in [0.717, 1.165) is 18.5 Å². The molecule has 0 saturated carbocycles. The lowest BCUT2D eigenvalue weighted by Gasteiger charge is -2.19. The molecule has 12 heavy (non-hydrogen) atoms. The summed E-state index contributed by atoms with van der Waals surface area (Å²) < 4.78 is 5.55. The Labute approximate surface area is 83.4 Å². The van der Waals surface area contributed by atoms with Gasteiger partial charge in [-0.2, -0.15) is 0 Å². The van der Waals surface area contributed by atoms with E-state index in [4.69, 9.17) is 4.74 Å². The number of hydrogen-bond acceptors (Lipinski definition) is 2. The summed E-state index contributed by atoms with van der Waals surface area (Å²) in [4.78, 5) is 2.36. The molecule has 0 amide bonds. The molecule has 1 heterocycles. The van der Waals surface area contributed by atoms with Crippen molar-refractivity contribution in [2.24, 2.45) is 0 Å². The summed E-state index contributed by atoms with van der Waals surface area (Å²) in [6.07, 6.45) is 4.23. The molecule has 1 fully saturated rings. The molecular weight excluding hydrogens is 218 g/mol. The summed E-state index contributed by atoms with van der Waals surface area (Å²) in [5.74, 6) is 0. The van der Waals surface area contributed by atoms with Crippen molar-refractivity contribution in [2.75, 3.05) is 32.1 Å². The fourth-order valence-electron chi connectivity index (χ4n) is 1.56. The number of halogens is 1. The fourth-order valence-corrected chi connectivity index (χ4v) is 1.81. The lowest BCUT2D eigenvalue weighted by molar-refractivity contribution is 0.0814. The topological polar surface area (TPSA) is 12.5 Å². The van der Waals surface area contributed by atoms with Gasteiger partial charge in [-0.15, -0.1) is 0 Å². The van der Waals surface area contributed by atoms with Crippen molar-refractivity contribution >= 4 is 15.9 Å². The van der Waals surface area contributed by atoms with Gasteiger partial charge in [-0.25, -0.2) is 0 Å². The average molecular weight is 236 g/mol. The zero-order valence-electron chi connectivity index (χ0n) is 7.76. The van der Waals surface area contributed by atoms with Crippen LogP contribution >= 0.6 is 15.9 Å². The zero-order valence-corrected chi connectivity index (χ0v) is 9.35. The Kier molecular flexibility index (Phi) is 5.19. The van der Waals surface area contributed by atoms with Crippen molar-refractivity contribution in [3.8, 4) is 0 Å². The summed E-state index contributed by atoms with van der Waals surface area (Å²) in [7, 11) is 2.17. The summed E-state index contributed by atoms with van der Waals surface area (Å²) in [5, 5.41) is 1.10. The van der Waals surface area contributed by atoms with Gasteiger partial charge in [0.2, 0.25) is 0 Å². The van der Waals surface area contributed by atoms with Gasteiger partial charge in [0.05, 0.1) is 6.10 Å². The van der Waals surface area contributed by atoms with Crippen LogP contribution in [0.3, 0.4) is 0 Å². The maximum Gasteiger partial charge on any atom is 0.0702 e. The molecule has 1 unspecified atom stereocenters. The van der Waals surface area contributed by atoms with Gasteiger partial charge in [-0.1, -0.05) is 15.9 Å². The maximum absolute atomic E-state index is 5.55. The van der Waals surface area contributed by atoms with Gasteiger partial charge in [-0.05, 0) is 32.9 Å². The van der Waals surface area contributed by atoms with Gasteiger partial charge in [0.25, 0.3) is 0 Å². The number of rotatable bonds is 5. The number of hydrogen-bond donors (Lipinski definition) is 0. The first-order chi connectivity index (χ1) is 5.83. The molecule has 0 aromatic carbocycles. The number of nitrogens with zero attached hydrogens (tertiary/aromatic N) is 1. The number of ether oxygens (including phenoxy) is 1. The first kappa shape index (κ1) is 10.5. The van der Waals surface area contributed by atoms with E-state index in [1.165, 1.54) is 25.8 Å². The molecule has 1 atom stereocenters. The van der Waals surface area contributed by atoms with Crippen LogP contribution in [0.1, 0.15) is 19.3 Å². The second-order valence-electron chi connectivity index (χ2n) is 3.44. The fraction of sp³-hybridized carbons (Fsp3) is 1.00. The van der Waals surface area contributed by atoms with Crippen LogP contribution in [0.25, 0.3) is 0 Å². The lowest BCUT2D eigenvalue weighted by atomic mass is 10.2. The van der Waals surface area contributed by atoms with Crippen molar-refractivity contribution in [1.82, 2.24) is 4.90 Å². The minimum Gasteiger partial charge on any atom is -0.377 e. The third kappa shape index (κ3) is 3.87. The predicted octanol–water partition coefficient (Wildman–Crippen LogP) is 1.88. The van der Waals surface area contributed by atoms with E-state index in [1.807, 2.05) is 0 Å². The van der Waals surface area contributed by atoms with E-state index >= 15 is 0 Å². The number of alkyl halides is 1. The summed E-state index contributed by atoms with van der Waals surface area (Å²) >= 11 is 3.43. The minimum atomic E-state index is 0.505. The average Bonchev–Trinajstić information content (AvgIpc) is 2.53. The molecule has 0 aromatic rings. The Morgan fingerprint density at radius 1 is 1.58 bits per heavy atom. The first-order valence-electron chi connectivity index (χ1n) is 4.69. The van der Waals surface area contributed by atoms with Crippen LogP contribution in [0.5, 0.6) is 0 Å². The zero-order chi connectivity index (χ0) is 8.81. The van der Waals surface area contributed by atoms with Crippen molar-refractivity contribution < 1.29 is 4.74 Å². The van der Waals surface area contributed by atoms with Crippen molar-refractivity contribution in [3.63, 3.8) is 0 Å².